The van der Waals surface area contributed by atoms with Gasteiger partial charge >= 0.3 is 0 Å². The van der Waals surface area contributed by atoms with E-state index in [0.29, 0.717) is 11.3 Å². The van der Waals surface area contributed by atoms with Crippen molar-refractivity contribution >= 4 is 17.8 Å². The first-order chi connectivity index (χ1) is 9.20. The summed E-state index contributed by atoms with van der Waals surface area (Å²) in [4.78, 5) is 15.5. The normalized spacial score (nSPS) is 10.6. The second-order valence-corrected chi connectivity index (χ2v) is 3.91. The van der Waals surface area contributed by atoms with Crippen LogP contribution in [0.25, 0.3) is 0 Å². The third-order valence-corrected chi connectivity index (χ3v) is 2.64. The Bertz CT molecular complexity index is 604. The fourth-order valence-electron chi connectivity index (χ4n) is 1.63. The molecule has 0 unspecified atom stereocenters. The van der Waals surface area contributed by atoms with Crippen LogP contribution in [0, 0.1) is 0 Å². The first kappa shape index (κ1) is 12.8. The number of amides is 1. The van der Waals surface area contributed by atoms with Crippen molar-refractivity contribution in [2.75, 3.05) is 7.11 Å². The molecule has 0 fully saturated rings. The highest BCUT2D eigenvalue weighted by atomic mass is 16.5. The molecule has 2 aromatic rings. The van der Waals surface area contributed by atoms with Gasteiger partial charge in [-0.25, -0.2) is 0 Å². The van der Waals surface area contributed by atoms with Gasteiger partial charge in [0.25, 0.3) is 5.91 Å². The topological polar surface area (TPSA) is 64.7 Å². The number of benzene rings is 2. The summed E-state index contributed by atoms with van der Waals surface area (Å²) in [7, 11) is 1.62. The van der Waals surface area contributed by atoms with Crippen LogP contribution in [-0.4, -0.2) is 19.2 Å². The van der Waals surface area contributed by atoms with E-state index in [1.165, 1.54) is 0 Å². The number of hydrogen-bond acceptors (Lipinski definition) is 3. The van der Waals surface area contributed by atoms with E-state index >= 15 is 0 Å². The zero-order valence-electron chi connectivity index (χ0n) is 10.5. The van der Waals surface area contributed by atoms with E-state index in [9.17, 15) is 4.79 Å². The molecule has 0 aromatic heterocycles. The summed E-state index contributed by atoms with van der Waals surface area (Å²) >= 11 is 0. The van der Waals surface area contributed by atoms with Gasteiger partial charge in [-0.1, -0.05) is 12.1 Å². The molecule has 0 heterocycles. The van der Waals surface area contributed by atoms with Crippen molar-refractivity contribution in [1.29, 1.82) is 0 Å². The second kappa shape index (κ2) is 5.82. The van der Waals surface area contributed by atoms with Gasteiger partial charge in [0.2, 0.25) is 0 Å². The van der Waals surface area contributed by atoms with Gasteiger partial charge in [0.05, 0.1) is 18.4 Å². The Hall–Kier alpha value is -2.62. The number of methoxy groups -OCH3 is 1. The lowest BCUT2D eigenvalue weighted by Gasteiger charge is -2.01. The molecule has 0 aliphatic heterocycles. The number of carbonyl (C=O) groups is 1. The molecule has 0 bridgehead atoms. The molecular formula is C15H14N2O2. The summed E-state index contributed by atoms with van der Waals surface area (Å²) in [6.07, 6.45) is 1.68. The van der Waals surface area contributed by atoms with Crippen molar-refractivity contribution in [2.45, 2.75) is 0 Å². The number of carbonyl (C=O) groups excluding carboxylic acids is 1. The smallest absolute Gasteiger partial charge is 0.250 e. The number of ether oxygens (including phenoxy) is 1. The molecule has 0 saturated carbocycles. The Labute approximate surface area is 111 Å². The van der Waals surface area contributed by atoms with E-state index in [-0.39, 0.29) is 0 Å². The minimum absolute atomic E-state index is 0.410. The van der Waals surface area contributed by atoms with E-state index < -0.39 is 5.91 Å². The molecular weight excluding hydrogens is 240 g/mol. The number of aliphatic imine (C=N–C) groups is 1. The van der Waals surface area contributed by atoms with Gasteiger partial charge in [-0.3, -0.25) is 9.79 Å². The number of nitrogens with two attached hydrogens (primary N) is 1. The Balaban J connectivity index is 2.24. The number of rotatable bonds is 4. The second-order valence-electron chi connectivity index (χ2n) is 3.91. The SMILES string of the molecule is COc1ccc(/C=N/c2ccccc2C(N)=O)cc1. The Morgan fingerprint density at radius 2 is 1.84 bits per heavy atom. The summed E-state index contributed by atoms with van der Waals surface area (Å²) in [6, 6.07) is 14.4. The maximum absolute atomic E-state index is 11.2. The number of primary amides is 1. The van der Waals surface area contributed by atoms with E-state index in [0.717, 1.165) is 11.3 Å². The zero-order chi connectivity index (χ0) is 13.7. The van der Waals surface area contributed by atoms with Gasteiger partial charge in [-0.05, 0) is 42.0 Å². The fourth-order valence-corrected chi connectivity index (χ4v) is 1.63. The number of nitrogens with zero attached hydrogens (tertiary/aromatic N) is 1. The van der Waals surface area contributed by atoms with Crippen molar-refractivity contribution in [2.24, 2.45) is 10.7 Å². The average molecular weight is 254 g/mol. The molecule has 2 rings (SSSR count). The lowest BCUT2D eigenvalue weighted by molar-refractivity contribution is 0.100. The highest BCUT2D eigenvalue weighted by molar-refractivity contribution is 5.98. The van der Waals surface area contributed by atoms with E-state index in [4.69, 9.17) is 10.5 Å². The van der Waals surface area contributed by atoms with Crippen molar-refractivity contribution in [3.63, 3.8) is 0 Å². The molecule has 0 aliphatic carbocycles. The van der Waals surface area contributed by atoms with Crippen LogP contribution in [0.3, 0.4) is 0 Å². The van der Waals surface area contributed by atoms with Crippen LogP contribution in [0.15, 0.2) is 53.5 Å². The molecule has 96 valence electrons. The summed E-state index contributed by atoms with van der Waals surface area (Å²) < 4.78 is 5.08. The molecule has 0 saturated heterocycles. The molecule has 19 heavy (non-hydrogen) atoms. The first-order valence-corrected chi connectivity index (χ1v) is 5.77. The van der Waals surface area contributed by atoms with Crippen LogP contribution in [0.4, 0.5) is 5.69 Å². The van der Waals surface area contributed by atoms with Crippen LogP contribution < -0.4 is 10.5 Å². The van der Waals surface area contributed by atoms with E-state index in [1.807, 2.05) is 30.3 Å². The van der Waals surface area contributed by atoms with E-state index in [2.05, 4.69) is 4.99 Å². The third-order valence-electron chi connectivity index (χ3n) is 2.64. The van der Waals surface area contributed by atoms with Crippen molar-refractivity contribution in [3.05, 3.63) is 59.7 Å². The predicted molar refractivity (Wildman–Crippen MR) is 75.2 cm³/mol. The molecule has 4 heteroatoms. The van der Waals surface area contributed by atoms with Crippen LogP contribution in [0.1, 0.15) is 15.9 Å². The van der Waals surface area contributed by atoms with Crippen LogP contribution in [0.2, 0.25) is 0 Å². The number of hydrogen-bond donors (Lipinski definition) is 1. The summed E-state index contributed by atoms with van der Waals surface area (Å²) in [5.74, 6) is 0.303. The lowest BCUT2D eigenvalue weighted by Crippen LogP contribution is -2.10. The third kappa shape index (κ3) is 3.19. The average Bonchev–Trinajstić information content (AvgIpc) is 2.46. The van der Waals surface area contributed by atoms with Crippen LogP contribution >= 0.6 is 0 Å². The van der Waals surface area contributed by atoms with Gasteiger partial charge in [0.1, 0.15) is 5.75 Å². The molecule has 0 spiro atoms. The summed E-state index contributed by atoms with van der Waals surface area (Å²) in [5, 5.41) is 0. The highest BCUT2D eigenvalue weighted by Gasteiger charge is 2.04. The maximum atomic E-state index is 11.2. The molecule has 1 amide bonds. The quantitative estimate of drug-likeness (QED) is 0.852. The Kier molecular flexibility index (Phi) is 3.93. The minimum Gasteiger partial charge on any atom is -0.497 e. The zero-order valence-corrected chi connectivity index (χ0v) is 10.5. The maximum Gasteiger partial charge on any atom is 0.250 e. The molecule has 0 aliphatic rings. The summed E-state index contributed by atoms with van der Waals surface area (Å²) in [5.41, 5.74) is 7.18. The van der Waals surface area contributed by atoms with Gasteiger partial charge in [-0.2, -0.15) is 0 Å². The van der Waals surface area contributed by atoms with Gasteiger partial charge < -0.3 is 10.5 Å². The molecule has 2 aromatic carbocycles. The molecule has 2 N–H and O–H groups in total. The van der Waals surface area contributed by atoms with E-state index in [1.54, 1.807) is 31.5 Å². The fraction of sp³-hybridized carbons (Fsp3) is 0.0667. The van der Waals surface area contributed by atoms with Gasteiger partial charge in [0, 0.05) is 6.21 Å². The van der Waals surface area contributed by atoms with Crippen molar-refractivity contribution < 1.29 is 9.53 Å². The van der Waals surface area contributed by atoms with Crippen LogP contribution in [-0.2, 0) is 0 Å². The van der Waals surface area contributed by atoms with Crippen molar-refractivity contribution in [1.82, 2.24) is 0 Å². The molecule has 0 radical (unpaired) electrons. The largest absolute Gasteiger partial charge is 0.497 e. The highest BCUT2D eigenvalue weighted by Crippen LogP contribution is 2.18. The van der Waals surface area contributed by atoms with Crippen molar-refractivity contribution in [3.8, 4) is 5.75 Å². The van der Waals surface area contributed by atoms with Crippen LogP contribution in [0.5, 0.6) is 5.75 Å². The molecule has 4 nitrogen and oxygen atoms in total. The Morgan fingerprint density at radius 1 is 1.16 bits per heavy atom. The molecule has 0 atom stereocenters. The first-order valence-electron chi connectivity index (χ1n) is 5.77. The number of para-hydroxylation sites is 1. The van der Waals surface area contributed by atoms with Gasteiger partial charge in [-0.15, -0.1) is 0 Å². The monoisotopic (exact) mass is 254 g/mol. The minimum atomic E-state index is -0.484. The summed E-state index contributed by atoms with van der Waals surface area (Å²) in [6.45, 7) is 0. The lowest BCUT2D eigenvalue weighted by atomic mass is 10.1. The Morgan fingerprint density at radius 3 is 2.47 bits per heavy atom. The predicted octanol–water partition coefficient (Wildman–Crippen LogP) is 2.54. The van der Waals surface area contributed by atoms with Gasteiger partial charge in [0.15, 0.2) is 0 Å². The standard InChI is InChI=1S/C15H14N2O2/c1-19-12-8-6-11(7-9-12)10-17-14-5-3-2-4-13(14)15(16)18/h2-10H,1H3,(H2,16,18)/b17-10+.